The lowest BCUT2D eigenvalue weighted by atomic mass is 9.56. The maximum Gasteiger partial charge on any atom is 0.333 e. The Labute approximate surface area is 251 Å². The molecule has 3 aliphatic carbocycles. The summed E-state index contributed by atoms with van der Waals surface area (Å²) in [6.45, 7) is 9.83. The number of amides is 7. The summed E-state index contributed by atoms with van der Waals surface area (Å²) in [5.41, 5.74) is -0.663. The standard InChI is InChI=1S/C31H50N4O6Si/c1-5-6-16-32-25(36)19-26(37)34(28(32)39)23-10-14-30(15-11-23)20-24(21-30)35-29(40)33(22-41-17-18-42(2,3)4)27(38)31(35)12-8-7-9-13-31/h23-24H,5-22H2,1-4H3. The lowest BCUT2D eigenvalue weighted by Crippen LogP contribution is -2.62. The van der Waals surface area contributed by atoms with E-state index in [1.165, 1.54) is 14.7 Å². The van der Waals surface area contributed by atoms with Crippen LogP contribution in [0.5, 0.6) is 0 Å². The lowest BCUT2D eigenvalue weighted by Gasteiger charge is -2.57. The van der Waals surface area contributed by atoms with Gasteiger partial charge in [0.05, 0.1) is 0 Å². The SMILES string of the molecule is CCCCN1C(=O)CC(=O)N(C2CCC3(CC2)CC(N2C(=O)N(COCC[Si](C)(C)C)C(=O)C24CCCCC4)C3)C1=O. The first-order valence-electron chi connectivity index (χ1n) is 16.3. The Hall–Kier alpha value is -2.27. The highest BCUT2D eigenvalue weighted by Crippen LogP contribution is 2.57. The van der Waals surface area contributed by atoms with Gasteiger partial charge in [-0.15, -0.1) is 0 Å². The largest absolute Gasteiger partial charge is 0.361 e. The molecule has 10 nitrogen and oxygen atoms in total. The molecule has 2 saturated heterocycles. The van der Waals surface area contributed by atoms with Gasteiger partial charge in [0.1, 0.15) is 18.7 Å². The van der Waals surface area contributed by atoms with Gasteiger partial charge < -0.3 is 9.64 Å². The van der Waals surface area contributed by atoms with Crippen LogP contribution >= 0.6 is 0 Å². The summed E-state index contributed by atoms with van der Waals surface area (Å²) in [5.74, 6) is -0.840. The van der Waals surface area contributed by atoms with Gasteiger partial charge in [-0.25, -0.2) is 14.5 Å². The van der Waals surface area contributed by atoms with Crippen molar-refractivity contribution in [1.82, 2.24) is 19.6 Å². The summed E-state index contributed by atoms with van der Waals surface area (Å²) in [7, 11) is -1.27. The van der Waals surface area contributed by atoms with Crippen LogP contribution in [-0.4, -0.2) is 95.0 Å². The summed E-state index contributed by atoms with van der Waals surface area (Å²) in [5, 5.41) is 0. The van der Waals surface area contributed by atoms with Gasteiger partial charge in [-0.1, -0.05) is 52.2 Å². The molecule has 42 heavy (non-hydrogen) atoms. The van der Waals surface area contributed by atoms with Crippen LogP contribution in [0.2, 0.25) is 25.7 Å². The molecule has 11 heteroatoms. The van der Waals surface area contributed by atoms with Crippen molar-refractivity contribution in [2.45, 2.75) is 140 Å². The van der Waals surface area contributed by atoms with Gasteiger partial charge in [0.2, 0.25) is 11.8 Å². The molecule has 5 rings (SSSR count). The molecule has 5 aliphatic rings. The number of rotatable bonds is 10. The second-order valence-electron chi connectivity index (χ2n) is 14.7. The minimum Gasteiger partial charge on any atom is -0.361 e. The van der Waals surface area contributed by atoms with Crippen LogP contribution < -0.4 is 0 Å². The number of hydrogen-bond acceptors (Lipinski definition) is 6. The number of ether oxygens (including phenoxy) is 1. The van der Waals surface area contributed by atoms with E-state index < -0.39 is 19.6 Å². The Morgan fingerprint density at radius 3 is 2.12 bits per heavy atom. The second kappa shape index (κ2) is 12.0. The normalized spacial score (nSPS) is 30.2. The van der Waals surface area contributed by atoms with E-state index in [2.05, 4.69) is 19.6 Å². The molecule has 7 amide bonds. The highest BCUT2D eigenvalue weighted by atomic mass is 28.3. The van der Waals surface area contributed by atoms with E-state index in [0.717, 1.165) is 89.5 Å². The molecule has 0 aromatic carbocycles. The molecule has 0 radical (unpaired) electrons. The van der Waals surface area contributed by atoms with Gasteiger partial charge in [0.15, 0.2) is 0 Å². The topological polar surface area (TPSA) is 108 Å². The molecule has 3 saturated carbocycles. The van der Waals surface area contributed by atoms with Crippen molar-refractivity contribution >= 4 is 37.9 Å². The zero-order valence-corrected chi connectivity index (χ0v) is 27.1. The summed E-state index contributed by atoms with van der Waals surface area (Å²) in [6, 6.07) is 0.194. The smallest absolute Gasteiger partial charge is 0.333 e. The van der Waals surface area contributed by atoms with Crippen LogP contribution in [0.3, 0.4) is 0 Å². The van der Waals surface area contributed by atoms with E-state index >= 15 is 0 Å². The number of hydrogen-bond donors (Lipinski definition) is 0. The molecule has 0 N–H and O–H groups in total. The van der Waals surface area contributed by atoms with Gasteiger partial charge in [0.25, 0.3) is 5.91 Å². The lowest BCUT2D eigenvalue weighted by molar-refractivity contribution is -0.145. The maximum absolute atomic E-state index is 13.8. The predicted molar refractivity (Wildman–Crippen MR) is 160 cm³/mol. The summed E-state index contributed by atoms with van der Waals surface area (Å²) in [4.78, 5) is 71.8. The van der Waals surface area contributed by atoms with Crippen LogP contribution in [0, 0.1) is 5.41 Å². The van der Waals surface area contributed by atoms with E-state index in [4.69, 9.17) is 4.74 Å². The number of carbonyl (C=O) groups is 5. The second-order valence-corrected chi connectivity index (χ2v) is 20.4. The molecule has 2 spiro atoms. The van der Waals surface area contributed by atoms with Crippen LogP contribution in [0.1, 0.15) is 96.8 Å². The molecule has 0 atom stereocenters. The van der Waals surface area contributed by atoms with Crippen LogP contribution in [-0.2, 0) is 19.1 Å². The average molecular weight is 603 g/mol. The fourth-order valence-electron chi connectivity index (χ4n) is 8.05. The van der Waals surface area contributed by atoms with E-state index in [1.807, 2.05) is 11.8 Å². The van der Waals surface area contributed by atoms with Crippen molar-refractivity contribution in [1.29, 1.82) is 0 Å². The first-order chi connectivity index (χ1) is 19.9. The zero-order chi connectivity index (χ0) is 30.3. The fraction of sp³-hybridized carbons (Fsp3) is 0.839. The molecular weight excluding hydrogens is 552 g/mol. The van der Waals surface area contributed by atoms with Gasteiger partial charge in [-0.2, -0.15) is 0 Å². The monoisotopic (exact) mass is 602 g/mol. The maximum atomic E-state index is 13.8. The highest BCUT2D eigenvalue weighted by molar-refractivity contribution is 6.76. The Balaban J connectivity index is 1.21. The number of nitrogens with zero attached hydrogens (tertiary/aromatic N) is 4. The third-order valence-corrected chi connectivity index (χ3v) is 12.3. The highest BCUT2D eigenvalue weighted by Gasteiger charge is 2.63. The average Bonchev–Trinajstić information content (AvgIpc) is 3.10. The third-order valence-electron chi connectivity index (χ3n) is 10.6. The van der Waals surface area contributed by atoms with Crippen LogP contribution in [0.15, 0.2) is 0 Å². The number of imide groups is 3. The van der Waals surface area contributed by atoms with E-state index in [-0.39, 0.29) is 54.4 Å². The minimum atomic E-state index is -1.27. The van der Waals surface area contributed by atoms with Gasteiger partial charge in [-0.3, -0.25) is 24.2 Å². The van der Waals surface area contributed by atoms with Gasteiger partial charge >= 0.3 is 12.1 Å². The Morgan fingerprint density at radius 2 is 1.50 bits per heavy atom. The zero-order valence-electron chi connectivity index (χ0n) is 26.1. The molecule has 234 valence electrons. The number of carbonyl (C=O) groups excluding carboxylic acids is 5. The molecule has 2 aliphatic heterocycles. The molecule has 0 aromatic heterocycles. The Morgan fingerprint density at radius 1 is 0.833 bits per heavy atom. The fourth-order valence-corrected chi connectivity index (χ4v) is 8.81. The van der Waals surface area contributed by atoms with E-state index in [9.17, 15) is 24.0 Å². The minimum absolute atomic E-state index is 0.0310. The molecule has 2 heterocycles. The van der Waals surface area contributed by atoms with Crippen molar-refractivity contribution in [2.75, 3.05) is 19.9 Å². The third kappa shape index (κ3) is 5.79. The van der Waals surface area contributed by atoms with Crippen LogP contribution in [0.4, 0.5) is 9.59 Å². The molecular formula is C31H50N4O6Si. The molecule has 0 bridgehead atoms. The van der Waals surface area contributed by atoms with Crippen molar-refractivity contribution in [3.8, 4) is 0 Å². The quantitative estimate of drug-likeness (QED) is 0.145. The Kier molecular flexibility index (Phi) is 8.92. The summed E-state index contributed by atoms with van der Waals surface area (Å²) < 4.78 is 5.89. The van der Waals surface area contributed by atoms with Crippen molar-refractivity contribution in [2.24, 2.45) is 5.41 Å². The summed E-state index contributed by atoms with van der Waals surface area (Å²) in [6.07, 6.45) is 10.7. The van der Waals surface area contributed by atoms with Crippen molar-refractivity contribution < 1.29 is 28.7 Å². The molecule has 0 unspecified atom stereocenters. The molecule has 0 aromatic rings. The van der Waals surface area contributed by atoms with E-state index in [0.29, 0.717) is 13.2 Å². The number of barbiturate groups is 1. The van der Waals surface area contributed by atoms with Gasteiger partial charge in [0, 0.05) is 33.3 Å². The van der Waals surface area contributed by atoms with Gasteiger partial charge in [-0.05, 0) is 69.2 Å². The van der Waals surface area contributed by atoms with Crippen LogP contribution in [0.25, 0.3) is 0 Å². The van der Waals surface area contributed by atoms with Crippen molar-refractivity contribution in [3.63, 3.8) is 0 Å². The molecule has 5 fully saturated rings. The van der Waals surface area contributed by atoms with E-state index in [1.54, 1.807) is 0 Å². The Bertz CT molecular complexity index is 1080. The summed E-state index contributed by atoms with van der Waals surface area (Å²) >= 11 is 0. The number of urea groups is 2. The first kappa shape index (κ1) is 31.2. The predicted octanol–water partition coefficient (Wildman–Crippen LogP) is 5.34. The number of unbranched alkanes of at least 4 members (excludes halogenated alkanes) is 1. The first-order valence-corrected chi connectivity index (χ1v) is 20.0. The van der Waals surface area contributed by atoms with Crippen molar-refractivity contribution in [3.05, 3.63) is 0 Å².